The van der Waals surface area contributed by atoms with Gasteiger partial charge in [0.25, 0.3) is 0 Å². The molecule has 3 aliphatic heterocycles. The van der Waals surface area contributed by atoms with E-state index in [1.54, 1.807) is 6.92 Å². The maximum Gasteiger partial charge on any atom is 0.314 e. The minimum atomic E-state index is -1.66. The number of aliphatic hydroxyl groups excluding tert-OH is 8. The SMILES string of the molecule is C=C(C)C1CCC2(C(=O)OC3OC(C)C(O)C(OC(=O)CC(C)C)C3O)CCC3(C)C(CCC4C5(C)CCC(OC6OC(CO)C(O)C(O)C6OC6OCC(O)C(O)C6O)C(C)(C)C5CCC43C)C12. The Labute approximate surface area is 407 Å². The topological polar surface area (TPSA) is 261 Å². The number of hydrogen-bond acceptors (Lipinski definition) is 17. The Morgan fingerprint density at radius 1 is 0.696 bits per heavy atom. The van der Waals surface area contributed by atoms with Gasteiger partial charge in [-0.3, -0.25) is 9.59 Å². The van der Waals surface area contributed by atoms with Crippen LogP contribution in [0.25, 0.3) is 0 Å². The molecule has 3 saturated heterocycles. The summed E-state index contributed by atoms with van der Waals surface area (Å²) in [5, 5.41) is 85.9. The molecule has 0 radical (unpaired) electrons. The molecule has 8 fully saturated rings. The second kappa shape index (κ2) is 19.5. The summed E-state index contributed by atoms with van der Waals surface area (Å²) in [5.41, 5.74) is -0.561. The smallest absolute Gasteiger partial charge is 0.314 e. The molecule has 8 aliphatic rings. The lowest BCUT2D eigenvalue weighted by atomic mass is 9.32. The highest BCUT2D eigenvalue weighted by Gasteiger charge is 2.73. The van der Waals surface area contributed by atoms with Crippen LogP contribution in [0, 0.1) is 62.6 Å². The number of ether oxygens (including phenoxy) is 7. The molecular formula is C52H84O17. The summed E-state index contributed by atoms with van der Waals surface area (Å²) in [7, 11) is 0. The van der Waals surface area contributed by atoms with Crippen LogP contribution in [0.2, 0.25) is 0 Å². The standard InChI is InChI=1S/C52H84O17/c1-24(2)21-34(55)67-42-36(56)26(5)64-45(41(42)61)69-47(62)52-18-13-27(25(3)4)35(52)28-11-12-32-49(8)16-15-33(48(6,7)31(49)14-17-51(32,10)50(28,9)19-20-52)66-46-43(39(59)38(58)30(22-53)65-46)68-44-40(60)37(57)29(54)23-63-44/h24,26-33,35-46,53-54,56-61H,3,11-23H2,1-2,4-10H3. The number of aliphatic hydroxyl groups is 8. The van der Waals surface area contributed by atoms with Gasteiger partial charge in [-0.15, -0.1) is 0 Å². The third-order valence-corrected chi connectivity index (χ3v) is 20.1. The highest BCUT2D eigenvalue weighted by Crippen LogP contribution is 2.78. The zero-order valence-corrected chi connectivity index (χ0v) is 42.3. The van der Waals surface area contributed by atoms with E-state index in [9.17, 15) is 50.4 Å². The van der Waals surface area contributed by atoms with Gasteiger partial charge in [-0.05, 0) is 135 Å². The van der Waals surface area contributed by atoms with E-state index in [0.29, 0.717) is 25.2 Å². The monoisotopic (exact) mass is 981 g/mol. The molecule has 24 unspecified atom stereocenters. The zero-order chi connectivity index (χ0) is 50.5. The van der Waals surface area contributed by atoms with Gasteiger partial charge in [0.2, 0.25) is 6.29 Å². The quantitative estimate of drug-likeness (QED) is 0.0840. The Kier molecular flexibility index (Phi) is 15.1. The van der Waals surface area contributed by atoms with Crippen molar-refractivity contribution in [1.29, 1.82) is 0 Å². The van der Waals surface area contributed by atoms with Gasteiger partial charge in [-0.1, -0.05) is 60.6 Å². The Morgan fingerprint density at radius 2 is 1.41 bits per heavy atom. The molecule has 0 aromatic rings. The fourth-order valence-electron chi connectivity index (χ4n) is 16.2. The highest BCUT2D eigenvalue weighted by atomic mass is 16.8. The lowest BCUT2D eigenvalue weighted by Gasteiger charge is -2.73. The van der Waals surface area contributed by atoms with Crippen LogP contribution in [-0.2, 0) is 42.7 Å². The van der Waals surface area contributed by atoms with E-state index in [4.69, 9.17) is 33.2 Å². The summed E-state index contributed by atoms with van der Waals surface area (Å²) in [6.45, 7) is 22.8. The molecule has 24 atom stereocenters. The summed E-state index contributed by atoms with van der Waals surface area (Å²) in [6, 6.07) is 0. The molecule has 5 aliphatic carbocycles. The third-order valence-electron chi connectivity index (χ3n) is 20.1. The first-order valence-corrected chi connectivity index (χ1v) is 25.9. The number of carbonyl (C=O) groups is 2. The number of fused-ring (bicyclic) bond motifs is 7. The fourth-order valence-corrected chi connectivity index (χ4v) is 16.2. The summed E-state index contributed by atoms with van der Waals surface area (Å²) in [5.74, 6) is -0.197. The van der Waals surface area contributed by atoms with Gasteiger partial charge < -0.3 is 74.0 Å². The second-order valence-electron chi connectivity index (χ2n) is 24.5. The highest BCUT2D eigenvalue weighted by molar-refractivity contribution is 5.78. The van der Waals surface area contributed by atoms with Gasteiger partial charge in [-0.25, -0.2) is 0 Å². The normalized spacial score (nSPS) is 51.6. The van der Waals surface area contributed by atoms with Gasteiger partial charge in [0.15, 0.2) is 24.8 Å². The van der Waals surface area contributed by atoms with Crippen LogP contribution in [-0.4, -0.2) is 158 Å². The van der Waals surface area contributed by atoms with E-state index in [1.165, 1.54) is 0 Å². The molecule has 17 heteroatoms. The van der Waals surface area contributed by atoms with Crippen molar-refractivity contribution in [1.82, 2.24) is 0 Å². The molecule has 17 nitrogen and oxygen atoms in total. The van der Waals surface area contributed by atoms with Crippen LogP contribution in [0.1, 0.15) is 133 Å². The summed E-state index contributed by atoms with van der Waals surface area (Å²) >= 11 is 0. The van der Waals surface area contributed by atoms with Crippen molar-refractivity contribution < 1.29 is 83.6 Å². The van der Waals surface area contributed by atoms with E-state index in [2.05, 4.69) is 48.1 Å². The Balaban J connectivity index is 1.01. The second-order valence-corrected chi connectivity index (χ2v) is 24.5. The lowest BCUT2D eigenvalue weighted by molar-refractivity contribution is -0.370. The van der Waals surface area contributed by atoms with Crippen molar-refractivity contribution in [2.45, 2.75) is 225 Å². The van der Waals surface area contributed by atoms with E-state index < -0.39 is 121 Å². The molecule has 5 saturated carbocycles. The Hall–Kier alpha value is -1.84. The van der Waals surface area contributed by atoms with E-state index in [1.807, 2.05) is 13.8 Å². The number of carbonyl (C=O) groups excluding carboxylic acids is 2. The third kappa shape index (κ3) is 8.78. The first kappa shape index (κ1) is 53.5. The summed E-state index contributed by atoms with van der Waals surface area (Å²) in [6.07, 6.45) is -11.7. The average Bonchev–Trinajstić information content (AvgIpc) is 3.69. The van der Waals surface area contributed by atoms with Gasteiger partial charge in [0, 0.05) is 6.42 Å². The molecular weight excluding hydrogens is 897 g/mol. The minimum Gasteiger partial charge on any atom is -0.456 e. The van der Waals surface area contributed by atoms with Crippen molar-refractivity contribution in [3.05, 3.63) is 12.2 Å². The minimum absolute atomic E-state index is 0.00875. The number of rotatable bonds is 11. The van der Waals surface area contributed by atoms with Crippen LogP contribution in [0.15, 0.2) is 12.2 Å². The Morgan fingerprint density at radius 3 is 2.07 bits per heavy atom. The maximum absolute atomic E-state index is 15.0. The molecule has 3 heterocycles. The molecule has 0 bridgehead atoms. The van der Waals surface area contributed by atoms with Crippen molar-refractivity contribution in [2.24, 2.45) is 62.6 Å². The van der Waals surface area contributed by atoms with Gasteiger partial charge in [-0.2, -0.15) is 0 Å². The van der Waals surface area contributed by atoms with Crippen molar-refractivity contribution >= 4 is 11.9 Å². The van der Waals surface area contributed by atoms with E-state index in [0.717, 1.165) is 50.5 Å². The van der Waals surface area contributed by atoms with Crippen molar-refractivity contribution in [3.63, 3.8) is 0 Å². The molecule has 8 N–H and O–H groups in total. The maximum atomic E-state index is 15.0. The van der Waals surface area contributed by atoms with Crippen LogP contribution >= 0.6 is 0 Å². The number of hydrogen-bond donors (Lipinski definition) is 8. The van der Waals surface area contributed by atoms with Gasteiger partial charge in [0.1, 0.15) is 48.8 Å². The van der Waals surface area contributed by atoms with Crippen LogP contribution in [0.4, 0.5) is 0 Å². The van der Waals surface area contributed by atoms with E-state index in [-0.39, 0.29) is 58.9 Å². The molecule has 69 heavy (non-hydrogen) atoms. The summed E-state index contributed by atoms with van der Waals surface area (Å²) < 4.78 is 42.3. The zero-order valence-electron chi connectivity index (χ0n) is 42.3. The fraction of sp³-hybridized carbons (Fsp3) is 0.923. The van der Waals surface area contributed by atoms with Crippen molar-refractivity contribution in [2.75, 3.05) is 13.2 Å². The first-order valence-electron chi connectivity index (χ1n) is 25.9. The molecule has 0 spiro atoms. The van der Waals surface area contributed by atoms with Crippen molar-refractivity contribution in [3.8, 4) is 0 Å². The molecule has 0 aromatic carbocycles. The molecule has 394 valence electrons. The predicted molar refractivity (Wildman–Crippen MR) is 246 cm³/mol. The van der Waals surface area contributed by atoms with Gasteiger partial charge >= 0.3 is 11.9 Å². The largest absolute Gasteiger partial charge is 0.456 e. The number of esters is 2. The van der Waals surface area contributed by atoms with Crippen LogP contribution in [0.3, 0.4) is 0 Å². The molecule has 0 amide bonds. The van der Waals surface area contributed by atoms with E-state index >= 15 is 0 Å². The van der Waals surface area contributed by atoms with Crippen LogP contribution < -0.4 is 0 Å². The first-order chi connectivity index (χ1) is 32.3. The average molecular weight is 981 g/mol. The molecule has 8 rings (SSSR count). The van der Waals surface area contributed by atoms with Crippen LogP contribution in [0.5, 0.6) is 0 Å². The van der Waals surface area contributed by atoms with Gasteiger partial charge in [0.05, 0.1) is 30.8 Å². The number of allylic oxidation sites excluding steroid dienone is 1. The lowest BCUT2D eigenvalue weighted by Crippen LogP contribution is -2.68. The summed E-state index contributed by atoms with van der Waals surface area (Å²) in [4.78, 5) is 27.7. The Bertz CT molecular complexity index is 1880. The predicted octanol–water partition coefficient (Wildman–Crippen LogP) is 3.26. The molecule has 0 aromatic heterocycles.